The molecule has 1 nitrogen and oxygen atoms in total. The summed E-state index contributed by atoms with van der Waals surface area (Å²) in [7, 11) is 0. The molecule has 0 amide bonds. The standard InChI is InChI=1S/C11H17N/c1-10(12)6-5-9-11-7-3-2-4-8-11/h2-4,7-8,10H,5-6,9,12H2,1H3/p+1/t10-/m0/s1. The summed E-state index contributed by atoms with van der Waals surface area (Å²) in [5.41, 5.74) is 5.41. The Morgan fingerprint density at radius 3 is 2.50 bits per heavy atom. The number of aryl methyl sites for hydroxylation is 1. The SMILES string of the molecule is C[C@H]([NH3+])CCCc1ccccc1. The molecule has 3 N–H and O–H groups in total. The fourth-order valence-corrected chi connectivity index (χ4v) is 1.30. The van der Waals surface area contributed by atoms with Crippen molar-refractivity contribution in [1.82, 2.24) is 0 Å². The minimum absolute atomic E-state index is 0.591. The second-order valence-electron chi connectivity index (χ2n) is 3.48. The van der Waals surface area contributed by atoms with Crippen molar-refractivity contribution in [1.29, 1.82) is 0 Å². The topological polar surface area (TPSA) is 27.6 Å². The molecule has 0 aromatic heterocycles. The Kier molecular flexibility index (Phi) is 3.81. The fourth-order valence-electron chi connectivity index (χ4n) is 1.30. The minimum Gasteiger partial charge on any atom is -0.355 e. The van der Waals surface area contributed by atoms with Crippen LogP contribution in [0.15, 0.2) is 30.3 Å². The van der Waals surface area contributed by atoms with Crippen molar-refractivity contribution in [2.75, 3.05) is 0 Å². The highest BCUT2D eigenvalue weighted by Gasteiger charge is 1.97. The Morgan fingerprint density at radius 2 is 1.92 bits per heavy atom. The van der Waals surface area contributed by atoms with E-state index in [-0.39, 0.29) is 0 Å². The van der Waals surface area contributed by atoms with Gasteiger partial charge in [0.2, 0.25) is 0 Å². The van der Waals surface area contributed by atoms with Crippen LogP contribution in [0.2, 0.25) is 0 Å². The quantitative estimate of drug-likeness (QED) is 0.700. The third kappa shape index (κ3) is 3.54. The average Bonchev–Trinajstić information content (AvgIpc) is 2.05. The van der Waals surface area contributed by atoms with Gasteiger partial charge in [-0.15, -0.1) is 0 Å². The summed E-state index contributed by atoms with van der Waals surface area (Å²) in [4.78, 5) is 0. The van der Waals surface area contributed by atoms with Crippen LogP contribution in [0.5, 0.6) is 0 Å². The Morgan fingerprint density at radius 1 is 1.25 bits per heavy atom. The maximum absolute atomic E-state index is 3.97. The van der Waals surface area contributed by atoms with Crippen molar-refractivity contribution in [3.8, 4) is 0 Å². The van der Waals surface area contributed by atoms with Crippen molar-refractivity contribution >= 4 is 0 Å². The lowest BCUT2D eigenvalue weighted by Gasteiger charge is -2.01. The monoisotopic (exact) mass is 164 g/mol. The molecule has 0 unspecified atom stereocenters. The molecule has 1 aromatic carbocycles. The first kappa shape index (κ1) is 9.27. The largest absolute Gasteiger partial charge is 0.355 e. The molecule has 66 valence electrons. The maximum atomic E-state index is 3.97. The molecule has 0 heterocycles. The number of hydrogen-bond donors (Lipinski definition) is 1. The van der Waals surface area contributed by atoms with Gasteiger partial charge in [-0.1, -0.05) is 30.3 Å². The molecule has 0 bridgehead atoms. The molecule has 0 aliphatic rings. The molecule has 12 heavy (non-hydrogen) atoms. The summed E-state index contributed by atoms with van der Waals surface area (Å²) in [6, 6.07) is 11.2. The molecule has 0 aliphatic heterocycles. The Labute approximate surface area is 74.6 Å². The van der Waals surface area contributed by atoms with Gasteiger partial charge < -0.3 is 5.73 Å². The van der Waals surface area contributed by atoms with Crippen LogP contribution < -0.4 is 5.73 Å². The van der Waals surface area contributed by atoms with E-state index in [1.807, 2.05) is 0 Å². The van der Waals surface area contributed by atoms with E-state index in [9.17, 15) is 0 Å². The van der Waals surface area contributed by atoms with Crippen molar-refractivity contribution in [3.63, 3.8) is 0 Å². The zero-order valence-corrected chi connectivity index (χ0v) is 7.79. The van der Waals surface area contributed by atoms with Crippen LogP contribution in [0.4, 0.5) is 0 Å². The first-order valence-corrected chi connectivity index (χ1v) is 4.66. The summed E-state index contributed by atoms with van der Waals surface area (Å²) in [5, 5.41) is 0. The molecule has 0 spiro atoms. The van der Waals surface area contributed by atoms with Gasteiger partial charge in [-0.2, -0.15) is 0 Å². The molecule has 0 fully saturated rings. The van der Waals surface area contributed by atoms with Crippen LogP contribution in [-0.4, -0.2) is 6.04 Å². The normalized spacial score (nSPS) is 12.8. The third-order valence-corrected chi connectivity index (χ3v) is 2.01. The molecule has 0 saturated heterocycles. The van der Waals surface area contributed by atoms with E-state index in [1.54, 1.807) is 0 Å². The van der Waals surface area contributed by atoms with E-state index >= 15 is 0 Å². The molecule has 1 rings (SSSR count). The zero-order chi connectivity index (χ0) is 8.81. The summed E-state index contributed by atoms with van der Waals surface area (Å²) in [6.07, 6.45) is 3.68. The zero-order valence-electron chi connectivity index (χ0n) is 7.79. The van der Waals surface area contributed by atoms with Gasteiger partial charge in [0.15, 0.2) is 0 Å². The highest BCUT2D eigenvalue weighted by Crippen LogP contribution is 2.04. The van der Waals surface area contributed by atoms with Gasteiger partial charge in [-0.25, -0.2) is 0 Å². The third-order valence-electron chi connectivity index (χ3n) is 2.01. The van der Waals surface area contributed by atoms with Gasteiger partial charge in [0.25, 0.3) is 0 Å². The lowest BCUT2D eigenvalue weighted by molar-refractivity contribution is -0.415. The van der Waals surface area contributed by atoms with E-state index in [1.165, 1.54) is 24.8 Å². The van der Waals surface area contributed by atoms with E-state index in [0.29, 0.717) is 6.04 Å². The van der Waals surface area contributed by atoms with Crippen molar-refractivity contribution in [2.45, 2.75) is 32.2 Å². The molecular formula is C11H18N+. The number of rotatable bonds is 4. The fraction of sp³-hybridized carbons (Fsp3) is 0.455. The number of benzene rings is 1. The minimum atomic E-state index is 0.591. The van der Waals surface area contributed by atoms with Gasteiger partial charge in [0.1, 0.15) is 0 Å². The molecule has 1 aromatic rings. The highest BCUT2D eigenvalue weighted by atomic mass is 14.6. The first-order chi connectivity index (χ1) is 5.79. The van der Waals surface area contributed by atoms with Gasteiger partial charge in [-0.3, -0.25) is 0 Å². The Hall–Kier alpha value is -0.820. The van der Waals surface area contributed by atoms with E-state index in [2.05, 4.69) is 43.0 Å². The molecule has 0 saturated carbocycles. The number of quaternary nitrogens is 1. The summed E-state index contributed by atoms with van der Waals surface area (Å²) >= 11 is 0. The maximum Gasteiger partial charge on any atom is 0.0815 e. The average molecular weight is 164 g/mol. The lowest BCUT2D eigenvalue weighted by Crippen LogP contribution is -2.58. The second-order valence-corrected chi connectivity index (χ2v) is 3.48. The van der Waals surface area contributed by atoms with Crippen LogP contribution >= 0.6 is 0 Å². The predicted molar refractivity (Wildman–Crippen MR) is 51.7 cm³/mol. The number of hydrogen-bond acceptors (Lipinski definition) is 0. The van der Waals surface area contributed by atoms with E-state index in [4.69, 9.17) is 0 Å². The highest BCUT2D eigenvalue weighted by molar-refractivity contribution is 5.14. The van der Waals surface area contributed by atoms with E-state index in [0.717, 1.165) is 0 Å². The summed E-state index contributed by atoms with van der Waals surface area (Å²) in [6.45, 7) is 2.17. The summed E-state index contributed by atoms with van der Waals surface area (Å²) in [5.74, 6) is 0. The van der Waals surface area contributed by atoms with Crippen molar-refractivity contribution in [3.05, 3.63) is 35.9 Å². The van der Waals surface area contributed by atoms with E-state index < -0.39 is 0 Å². The van der Waals surface area contributed by atoms with Crippen LogP contribution in [0.3, 0.4) is 0 Å². The van der Waals surface area contributed by atoms with Crippen LogP contribution in [0.25, 0.3) is 0 Å². The van der Waals surface area contributed by atoms with Crippen LogP contribution in [-0.2, 0) is 6.42 Å². The Bertz CT molecular complexity index is 204. The van der Waals surface area contributed by atoms with Gasteiger partial charge in [-0.05, 0) is 31.7 Å². The smallest absolute Gasteiger partial charge is 0.0815 e. The molecular weight excluding hydrogens is 146 g/mol. The van der Waals surface area contributed by atoms with Crippen LogP contribution in [0, 0.1) is 0 Å². The summed E-state index contributed by atoms with van der Waals surface area (Å²) < 4.78 is 0. The van der Waals surface area contributed by atoms with Gasteiger partial charge in [0, 0.05) is 0 Å². The first-order valence-electron chi connectivity index (χ1n) is 4.66. The van der Waals surface area contributed by atoms with Crippen LogP contribution in [0.1, 0.15) is 25.3 Å². The second kappa shape index (κ2) is 4.94. The molecule has 0 aliphatic carbocycles. The molecule has 0 radical (unpaired) electrons. The van der Waals surface area contributed by atoms with Crippen molar-refractivity contribution < 1.29 is 5.73 Å². The molecule has 1 heteroatoms. The van der Waals surface area contributed by atoms with Crippen molar-refractivity contribution in [2.24, 2.45) is 0 Å². The molecule has 1 atom stereocenters. The Balaban J connectivity index is 2.25. The van der Waals surface area contributed by atoms with Gasteiger partial charge in [0.05, 0.1) is 6.04 Å². The lowest BCUT2D eigenvalue weighted by atomic mass is 10.1. The predicted octanol–water partition coefficient (Wildman–Crippen LogP) is 1.64. The van der Waals surface area contributed by atoms with Gasteiger partial charge >= 0.3 is 0 Å².